The molecule has 0 N–H and O–H groups in total. The molecule has 0 aliphatic rings. The van der Waals surface area contributed by atoms with Crippen molar-refractivity contribution < 1.29 is 4.39 Å². The van der Waals surface area contributed by atoms with Crippen LogP contribution in [0, 0.1) is 5.82 Å². The number of nitrogens with zero attached hydrogens (tertiary/aromatic N) is 3. The van der Waals surface area contributed by atoms with E-state index in [9.17, 15) is 4.39 Å². The molecule has 6 heteroatoms. The molecular weight excluding hydrogens is 321 g/mol. The average molecular weight is 333 g/mol. The zero-order chi connectivity index (χ0) is 13.1. The Morgan fingerprint density at radius 3 is 2.83 bits per heavy atom. The maximum absolute atomic E-state index is 13.9. The summed E-state index contributed by atoms with van der Waals surface area (Å²) in [5.74, 6) is 1.13. The Labute approximate surface area is 118 Å². The number of hydrogen-bond donors (Lipinski definition) is 0. The van der Waals surface area contributed by atoms with Crippen LogP contribution < -0.4 is 0 Å². The number of aromatic nitrogens is 3. The summed E-state index contributed by atoms with van der Waals surface area (Å²) in [6.07, 6.45) is 0.907. The van der Waals surface area contributed by atoms with Crippen molar-refractivity contribution in [2.24, 2.45) is 0 Å². The Kier molecular flexibility index (Phi) is 4.35. The van der Waals surface area contributed by atoms with Gasteiger partial charge in [0.15, 0.2) is 5.82 Å². The summed E-state index contributed by atoms with van der Waals surface area (Å²) in [5, 5.41) is 8.04. The number of halogens is 3. The second-order valence-corrected chi connectivity index (χ2v) is 5.03. The standard InChI is InChI=1S/C12H12BrClFN3/c1-2-5-18-11(7-14)16-17-12(18)9-6-8(13)3-4-10(9)15/h3-4,6H,2,5,7H2,1H3. The molecule has 18 heavy (non-hydrogen) atoms. The number of hydrogen-bond acceptors (Lipinski definition) is 2. The minimum Gasteiger partial charge on any atom is -0.310 e. The number of benzene rings is 1. The van der Waals surface area contributed by atoms with E-state index < -0.39 is 0 Å². The van der Waals surface area contributed by atoms with Crippen molar-refractivity contribution in [3.63, 3.8) is 0 Å². The van der Waals surface area contributed by atoms with E-state index in [1.807, 2.05) is 11.5 Å². The lowest BCUT2D eigenvalue weighted by atomic mass is 10.2. The maximum atomic E-state index is 13.9. The van der Waals surface area contributed by atoms with E-state index in [0.717, 1.165) is 17.4 Å². The molecule has 0 saturated heterocycles. The van der Waals surface area contributed by atoms with Crippen molar-refractivity contribution >= 4 is 27.5 Å². The van der Waals surface area contributed by atoms with Crippen LogP contribution in [-0.4, -0.2) is 14.8 Å². The normalized spacial score (nSPS) is 10.9. The first kappa shape index (κ1) is 13.5. The summed E-state index contributed by atoms with van der Waals surface area (Å²) >= 11 is 9.14. The highest BCUT2D eigenvalue weighted by molar-refractivity contribution is 9.10. The molecular formula is C12H12BrClFN3. The molecule has 0 aliphatic heterocycles. The first-order chi connectivity index (χ1) is 8.67. The quantitative estimate of drug-likeness (QED) is 0.792. The predicted octanol–water partition coefficient (Wildman–Crippen LogP) is 4.00. The smallest absolute Gasteiger partial charge is 0.166 e. The third-order valence-corrected chi connectivity index (χ3v) is 3.30. The van der Waals surface area contributed by atoms with E-state index in [2.05, 4.69) is 26.1 Å². The van der Waals surface area contributed by atoms with Crippen LogP contribution in [0.15, 0.2) is 22.7 Å². The fraction of sp³-hybridized carbons (Fsp3) is 0.333. The first-order valence-corrected chi connectivity index (χ1v) is 6.93. The van der Waals surface area contributed by atoms with Crippen molar-refractivity contribution in [2.45, 2.75) is 25.8 Å². The monoisotopic (exact) mass is 331 g/mol. The maximum Gasteiger partial charge on any atom is 0.166 e. The Morgan fingerprint density at radius 2 is 2.17 bits per heavy atom. The molecule has 0 aliphatic carbocycles. The van der Waals surface area contributed by atoms with Gasteiger partial charge in [0.1, 0.15) is 11.6 Å². The Hall–Kier alpha value is -0.940. The third kappa shape index (κ3) is 2.57. The topological polar surface area (TPSA) is 30.7 Å². The van der Waals surface area contributed by atoms with Crippen molar-refractivity contribution in [1.29, 1.82) is 0 Å². The molecule has 0 radical (unpaired) electrons. The molecule has 0 fully saturated rings. The van der Waals surface area contributed by atoms with Crippen LogP contribution in [0.5, 0.6) is 0 Å². The van der Waals surface area contributed by atoms with Gasteiger partial charge in [0.05, 0.1) is 11.4 Å². The molecule has 1 heterocycles. The van der Waals surface area contributed by atoms with Crippen LogP contribution in [0.1, 0.15) is 19.2 Å². The second kappa shape index (κ2) is 5.80. The molecule has 1 aromatic carbocycles. The van der Waals surface area contributed by atoms with Crippen molar-refractivity contribution in [3.8, 4) is 11.4 Å². The number of rotatable bonds is 4. The van der Waals surface area contributed by atoms with Gasteiger partial charge in [0, 0.05) is 11.0 Å². The van der Waals surface area contributed by atoms with E-state index in [0.29, 0.717) is 17.2 Å². The molecule has 0 bridgehead atoms. The van der Waals surface area contributed by atoms with Gasteiger partial charge in [0.25, 0.3) is 0 Å². The zero-order valence-corrected chi connectivity index (χ0v) is 12.2. The van der Waals surface area contributed by atoms with Gasteiger partial charge >= 0.3 is 0 Å². The summed E-state index contributed by atoms with van der Waals surface area (Å²) in [4.78, 5) is 0. The fourth-order valence-electron chi connectivity index (χ4n) is 1.76. The van der Waals surface area contributed by atoms with Gasteiger partial charge in [-0.25, -0.2) is 4.39 Å². The van der Waals surface area contributed by atoms with Crippen LogP contribution in [0.3, 0.4) is 0 Å². The minimum atomic E-state index is -0.316. The van der Waals surface area contributed by atoms with E-state index in [1.165, 1.54) is 6.07 Å². The number of alkyl halides is 1. The Balaban J connectivity index is 2.56. The molecule has 1 aromatic heterocycles. The lowest BCUT2D eigenvalue weighted by Crippen LogP contribution is -2.04. The lowest BCUT2D eigenvalue weighted by Gasteiger charge is -2.08. The molecule has 2 rings (SSSR count). The summed E-state index contributed by atoms with van der Waals surface area (Å²) in [5.41, 5.74) is 0.432. The molecule has 2 aromatic rings. The van der Waals surface area contributed by atoms with Crippen LogP contribution in [0.25, 0.3) is 11.4 Å². The highest BCUT2D eigenvalue weighted by Gasteiger charge is 2.16. The summed E-state index contributed by atoms with van der Waals surface area (Å²) in [6.45, 7) is 2.76. The van der Waals surface area contributed by atoms with Gasteiger partial charge in [-0.3, -0.25) is 0 Å². The van der Waals surface area contributed by atoms with Crippen LogP contribution in [-0.2, 0) is 12.4 Å². The third-order valence-electron chi connectivity index (χ3n) is 2.56. The predicted molar refractivity (Wildman–Crippen MR) is 73.0 cm³/mol. The van der Waals surface area contributed by atoms with Crippen LogP contribution >= 0.6 is 27.5 Å². The van der Waals surface area contributed by atoms with Gasteiger partial charge in [-0.2, -0.15) is 0 Å². The lowest BCUT2D eigenvalue weighted by molar-refractivity contribution is 0.621. The van der Waals surface area contributed by atoms with E-state index in [1.54, 1.807) is 12.1 Å². The first-order valence-electron chi connectivity index (χ1n) is 5.60. The van der Waals surface area contributed by atoms with Gasteiger partial charge in [-0.15, -0.1) is 21.8 Å². The second-order valence-electron chi connectivity index (χ2n) is 3.85. The summed E-state index contributed by atoms with van der Waals surface area (Å²) in [7, 11) is 0. The van der Waals surface area contributed by atoms with Gasteiger partial charge in [-0.1, -0.05) is 22.9 Å². The largest absolute Gasteiger partial charge is 0.310 e. The van der Waals surface area contributed by atoms with Crippen molar-refractivity contribution in [1.82, 2.24) is 14.8 Å². The molecule has 96 valence electrons. The van der Waals surface area contributed by atoms with E-state index in [-0.39, 0.29) is 11.7 Å². The van der Waals surface area contributed by atoms with Crippen LogP contribution in [0.2, 0.25) is 0 Å². The Morgan fingerprint density at radius 1 is 1.39 bits per heavy atom. The average Bonchev–Trinajstić information content (AvgIpc) is 2.76. The Bertz CT molecular complexity index is 556. The van der Waals surface area contributed by atoms with Gasteiger partial charge < -0.3 is 4.57 Å². The molecule has 0 amide bonds. The molecule has 0 spiro atoms. The van der Waals surface area contributed by atoms with Crippen molar-refractivity contribution in [2.75, 3.05) is 0 Å². The molecule has 0 atom stereocenters. The molecule has 3 nitrogen and oxygen atoms in total. The van der Waals surface area contributed by atoms with E-state index in [4.69, 9.17) is 11.6 Å². The van der Waals surface area contributed by atoms with Crippen LogP contribution in [0.4, 0.5) is 4.39 Å². The molecule has 0 saturated carbocycles. The SMILES string of the molecule is CCCn1c(CCl)nnc1-c1cc(Br)ccc1F. The molecule has 0 unspecified atom stereocenters. The summed E-state index contributed by atoms with van der Waals surface area (Å²) < 4.78 is 16.5. The van der Waals surface area contributed by atoms with Gasteiger partial charge in [0.2, 0.25) is 0 Å². The van der Waals surface area contributed by atoms with E-state index >= 15 is 0 Å². The summed E-state index contributed by atoms with van der Waals surface area (Å²) in [6, 6.07) is 4.76. The highest BCUT2D eigenvalue weighted by atomic mass is 79.9. The zero-order valence-electron chi connectivity index (χ0n) is 9.83. The fourth-order valence-corrected chi connectivity index (χ4v) is 2.32. The highest BCUT2D eigenvalue weighted by Crippen LogP contribution is 2.26. The van der Waals surface area contributed by atoms with Crippen molar-refractivity contribution in [3.05, 3.63) is 34.3 Å². The van der Waals surface area contributed by atoms with Gasteiger partial charge in [-0.05, 0) is 24.6 Å². The minimum absolute atomic E-state index is 0.266.